The van der Waals surface area contributed by atoms with E-state index in [4.69, 9.17) is 4.52 Å². The molecule has 0 bridgehead atoms. The molecule has 1 N–H and O–H groups in total. The maximum absolute atomic E-state index is 12.0. The number of nitrogens with one attached hydrogen (secondary N) is 1. The molecule has 2 rings (SSSR count). The number of aryl methyl sites for hydroxylation is 1. The van der Waals surface area contributed by atoms with Crippen LogP contribution in [0.5, 0.6) is 0 Å². The Hall–Kier alpha value is -1.82. The minimum Gasteiger partial charge on any atom is -0.361 e. The van der Waals surface area contributed by atoms with E-state index in [9.17, 15) is 4.79 Å². The SMILES string of the molecule is Cc1cc(CN(C)C(=O)Nc2cccc(Br)c2)no1. The summed E-state index contributed by atoms with van der Waals surface area (Å²) in [5.41, 5.74) is 1.46. The van der Waals surface area contributed by atoms with Crippen LogP contribution in [-0.4, -0.2) is 23.1 Å². The topological polar surface area (TPSA) is 58.4 Å². The summed E-state index contributed by atoms with van der Waals surface area (Å²) < 4.78 is 5.88. The molecule has 2 amide bonds. The number of hydrogen-bond donors (Lipinski definition) is 1. The Labute approximate surface area is 119 Å². The molecule has 0 saturated carbocycles. The second-order valence-electron chi connectivity index (χ2n) is 4.23. The molecular weight excluding hydrogens is 310 g/mol. The van der Waals surface area contributed by atoms with Gasteiger partial charge in [-0.15, -0.1) is 0 Å². The number of urea groups is 1. The average molecular weight is 324 g/mol. The lowest BCUT2D eigenvalue weighted by Gasteiger charge is -2.16. The van der Waals surface area contributed by atoms with E-state index >= 15 is 0 Å². The Bertz CT molecular complexity index is 583. The van der Waals surface area contributed by atoms with E-state index in [1.54, 1.807) is 7.05 Å². The minimum absolute atomic E-state index is 0.196. The average Bonchev–Trinajstić information content (AvgIpc) is 2.74. The highest BCUT2D eigenvalue weighted by Gasteiger charge is 2.11. The van der Waals surface area contributed by atoms with Gasteiger partial charge in [-0.05, 0) is 25.1 Å². The largest absolute Gasteiger partial charge is 0.361 e. The fraction of sp³-hybridized carbons (Fsp3) is 0.231. The monoisotopic (exact) mass is 323 g/mol. The number of nitrogens with zero attached hydrogens (tertiary/aromatic N) is 2. The third-order valence-corrected chi connectivity index (χ3v) is 2.99. The molecule has 0 aliphatic rings. The number of aromatic nitrogens is 1. The highest BCUT2D eigenvalue weighted by Crippen LogP contribution is 2.16. The van der Waals surface area contributed by atoms with Crippen molar-refractivity contribution in [1.82, 2.24) is 10.1 Å². The smallest absolute Gasteiger partial charge is 0.321 e. The van der Waals surface area contributed by atoms with Gasteiger partial charge in [-0.2, -0.15) is 0 Å². The fourth-order valence-corrected chi connectivity index (χ4v) is 1.99. The second kappa shape index (κ2) is 5.88. The van der Waals surface area contributed by atoms with Crippen molar-refractivity contribution in [3.8, 4) is 0 Å². The van der Waals surface area contributed by atoms with Crippen LogP contribution in [0.1, 0.15) is 11.5 Å². The van der Waals surface area contributed by atoms with Gasteiger partial charge in [0.2, 0.25) is 0 Å². The van der Waals surface area contributed by atoms with Gasteiger partial charge in [0.1, 0.15) is 11.5 Å². The number of anilines is 1. The van der Waals surface area contributed by atoms with Gasteiger partial charge in [0.05, 0.1) is 6.54 Å². The molecule has 1 aromatic carbocycles. The van der Waals surface area contributed by atoms with Crippen molar-refractivity contribution in [2.75, 3.05) is 12.4 Å². The summed E-state index contributed by atoms with van der Waals surface area (Å²) in [7, 11) is 1.71. The molecule has 0 aliphatic carbocycles. The van der Waals surface area contributed by atoms with Crippen molar-refractivity contribution >= 4 is 27.6 Å². The van der Waals surface area contributed by atoms with Gasteiger partial charge in [0, 0.05) is 23.3 Å². The molecule has 0 saturated heterocycles. The van der Waals surface area contributed by atoms with E-state index in [1.165, 1.54) is 4.90 Å². The zero-order valence-corrected chi connectivity index (χ0v) is 12.3. The van der Waals surface area contributed by atoms with Crippen LogP contribution in [0.25, 0.3) is 0 Å². The predicted octanol–water partition coefficient (Wildman–Crippen LogP) is 3.41. The highest BCUT2D eigenvalue weighted by molar-refractivity contribution is 9.10. The van der Waals surface area contributed by atoms with Gasteiger partial charge in [0.15, 0.2) is 0 Å². The summed E-state index contributed by atoms with van der Waals surface area (Å²) in [6.07, 6.45) is 0. The minimum atomic E-state index is -0.196. The number of rotatable bonds is 3. The molecule has 0 spiro atoms. The zero-order valence-electron chi connectivity index (χ0n) is 10.7. The summed E-state index contributed by atoms with van der Waals surface area (Å²) in [4.78, 5) is 13.5. The summed E-state index contributed by atoms with van der Waals surface area (Å²) in [5, 5.41) is 6.66. The molecule has 2 aromatic rings. The van der Waals surface area contributed by atoms with Crippen LogP contribution in [0.2, 0.25) is 0 Å². The quantitative estimate of drug-likeness (QED) is 0.941. The van der Waals surface area contributed by atoms with Crippen LogP contribution in [0, 0.1) is 6.92 Å². The Balaban J connectivity index is 1.96. The molecule has 0 unspecified atom stereocenters. The van der Waals surface area contributed by atoms with Crippen molar-refractivity contribution in [3.05, 3.63) is 46.3 Å². The first-order valence-electron chi connectivity index (χ1n) is 5.74. The number of carbonyl (C=O) groups excluding carboxylic acids is 1. The van der Waals surface area contributed by atoms with Gasteiger partial charge < -0.3 is 14.7 Å². The van der Waals surface area contributed by atoms with Crippen LogP contribution < -0.4 is 5.32 Å². The first kappa shape index (κ1) is 13.6. The van der Waals surface area contributed by atoms with Crippen LogP contribution in [0.4, 0.5) is 10.5 Å². The van der Waals surface area contributed by atoms with E-state index < -0.39 is 0 Å². The number of amides is 2. The molecule has 0 radical (unpaired) electrons. The zero-order chi connectivity index (χ0) is 13.8. The Morgan fingerprint density at radius 2 is 2.26 bits per heavy atom. The second-order valence-corrected chi connectivity index (χ2v) is 5.14. The van der Waals surface area contributed by atoms with Crippen molar-refractivity contribution in [2.24, 2.45) is 0 Å². The standard InChI is InChI=1S/C13H14BrN3O2/c1-9-6-12(16-19-9)8-17(2)13(18)15-11-5-3-4-10(14)7-11/h3-7H,8H2,1-2H3,(H,15,18). The normalized spacial score (nSPS) is 10.3. The number of hydrogen-bond acceptors (Lipinski definition) is 3. The molecule has 19 heavy (non-hydrogen) atoms. The first-order valence-corrected chi connectivity index (χ1v) is 6.54. The van der Waals surface area contributed by atoms with Crippen LogP contribution in [0.3, 0.4) is 0 Å². The van der Waals surface area contributed by atoms with Gasteiger partial charge in [-0.3, -0.25) is 0 Å². The van der Waals surface area contributed by atoms with Gasteiger partial charge in [-0.1, -0.05) is 27.2 Å². The van der Waals surface area contributed by atoms with Gasteiger partial charge >= 0.3 is 6.03 Å². The molecule has 0 atom stereocenters. The lowest BCUT2D eigenvalue weighted by molar-refractivity contribution is 0.219. The molecule has 6 heteroatoms. The van der Waals surface area contributed by atoms with Crippen molar-refractivity contribution < 1.29 is 9.32 Å². The van der Waals surface area contributed by atoms with E-state index in [1.807, 2.05) is 37.3 Å². The van der Waals surface area contributed by atoms with Crippen molar-refractivity contribution in [2.45, 2.75) is 13.5 Å². The van der Waals surface area contributed by atoms with Gasteiger partial charge in [-0.25, -0.2) is 4.79 Å². The first-order chi connectivity index (χ1) is 9.04. The van der Waals surface area contributed by atoms with E-state index in [0.29, 0.717) is 6.54 Å². The molecule has 0 aliphatic heterocycles. The Kier molecular flexibility index (Phi) is 4.21. The summed E-state index contributed by atoms with van der Waals surface area (Å²) >= 11 is 3.36. The lowest BCUT2D eigenvalue weighted by Crippen LogP contribution is -2.30. The molecule has 1 heterocycles. The van der Waals surface area contributed by atoms with Crippen LogP contribution >= 0.6 is 15.9 Å². The summed E-state index contributed by atoms with van der Waals surface area (Å²) in [6.45, 7) is 2.22. The number of benzene rings is 1. The predicted molar refractivity (Wildman–Crippen MR) is 75.9 cm³/mol. The van der Waals surface area contributed by atoms with Crippen molar-refractivity contribution in [3.63, 3.8) is 0 Å². The molecule has 100 valence electrons. The lowest BCUT2D eigenvalue weighted by atomic mass is 10.3. The number of carbonyl (C=O) groups is 1. The van der Waals surface area contributed by atoms with Crippen LogP contribution in [-0.2, 0) is 6.54 Å². The molecule has 1 aromatic heterocycles. The third-order valence-electron chi connectivity index (χ3n) is 2.50. The maximum Gasteiger partial charge on any atom is 0.321 e. The summed E-state index contributed by atoms with van der Waals surface area (Å²) in [5.74, 6) is 0.732. The maximum atomic E-state index is 12.0. The third kappa shape index (κ3) is 3.82. The van der Waals surface area contributed by atoms with E-state index in [2.05, 4.69) is 26.4 Å². The van der Waals surface area contributed by atoms with Crippen LogP contribution in [0.15, 0.2) is 39.3 Å². The number of halogens is 1. The molecule has 5 nitrogen and oxygen atoms in total. The molecule has 0 fully saturated rings. The van der Waals surface area contributed by atoms with E-state index in [-0.39, 0.29) is 6.03 Å². The fourth-order valence-electron chi connectivity index (χ4n) is 1.59. The Morgan fingerprint density at radius 3 is 2.89 bits per heavy atom. The molecular formula is C13H14BrN3O2. The highest BCUT2D eigenvalue weighted by atomic mass is 79.9. The van der Waals surface area contributed by atoms with Crippen molar-refractivity contribution in [1.29, 1.82) is 0 Å². The Morgan fingerprint density at radius 1 is 1.47 bits per heavy atom. The van der Waals surface area contributed by atoms with Gasteiger partial charge in [0.25, 0.3) is 0 Å². The summed E-state index contributed by atoms with van der Waals surface area (Å²) in [6, 6.07) is 9.04. The van der Waals surface area contributed by atoms with E-state index in [0.717, 1.165) is 21.6 Å².